The topological polar surface area (TPSA) is 93.2 Å². The number of hydrogen-bond donors (Lipinski definition) is 1. The molecule has 0 radical (unpaired) electrons. The second-order valence-corrected chi connectivity index (χ2v) is 12.1. The highest BCUT2D eigenvalue weighted by atomic mass is 32.1. The molecule has 3 atom stereocenters. The molecule has 0 aliphatic carbocycles. The number of hydrogen-bond acceptors (Lipinski definition) is 8. The number of para-hydroxylation sites is 1. The van der Waals surface area contributed by atoms with Crippen molar-refractivity contribution in [3.05, 3.63) is 82.9 Å². The van der Waals surface area contributed by atoms with E-state index in [2.05, 4.69) is 41.2 Å². The molecule has 0 unspecified atom stereocenters. The number of likely N-dealkylation sites (N-methyl/N-ethyl adjacent to an activating group) is 1. The Kier molecular flexibility index (Phi) is 9.59. The molecule has 0 bridgehead atoms. The van der Waals surface area contributed by atoms with Gasteiger partial charge in [-0.2, -0.15) is 0 Å². The summed E-state index contributed by atoms with van der Waals surface area (Å²) < 4.78 is 18.5. The van der Waals surface area contributed by atoms with Crippen LogP contribution in [0.2, 0.25) is 0 Å². The second kappa shape index (κ2) is 13.5. The zero-order valence-electron chi connectivity index (χ0n) is 25.2. The number of benzene rings is 3. The average Bonchev–Trinajstić information content (AvgIpc) is 3.46. The first-order valence-electron chi connectivity index (χ1n) is 14.3. The van der Waals surface area contributed by atoms with E-state index in [-0.39, 0.29) is 29.9 Å². The standard InChI is InChI=1S/C33H38N4O5S/c1-21-17-37(18-23-10-13-25(40-4)14-11-23)22(2)20-42-28-15-12-24(16-26(28)33(39)36(3)19-29(21)41-5)34-31(38)32-35-27-8-6-7-9-30(27)43-32/h6-16,21-22,29H,17-20H2,1-5H3,(H,34,38)/t21-,22-,29+/m0/s1. The molecule has 0 saturated carbocycles. The minimum absolute atomic E-state index is 0.0422. The van der Waals surface area contributed by atoms with Gasteiger partial charge in [-0.05, 0) is 60.9 Å². The monoisotopic (exact) mass is 602 g/mol. The van der Waals surface area contributed by atoms with E-state index in [1.54, 1.807) is 44.4 Å². The van der Waals surface area contributed by atoms with Crippen LogP contribution in [0, 0.1) is 5.92 Å². The van der Waals surface area contributed by atoms with Crippen molar-refractivity contribution in [2.24, 2.45) is 5.92 Å². The van der Waals surface area contributed by atoms with Crippen molar-refractivity contribution in [3.8, 4) is 11.5 Å². The number of anilines is 1. The molecule has 226 valence electrons. The molecule has 1 aromatic heterocycles. The number of carbonyl (C=O) groups is 2. The number of methoxy groups -OCH3 is 2. The van der Waals surface area contributed by atoms with Crippen molar-refractivity contribution in [2.45, 2.75) is 32.5 Å². The highest BCUT2D eigenvalue weighted by molar-refractivity contribution is 7.20. The van der Waals surface area contributed by atoms with Crippen LogP contribution in [0.15, 0.2) is 66.7 Å². The average molecular weight is 603 g/mol. The predicted octanol–water partition coefficient (Wildman–Crippen LogP) is 5.56. The third-order valence-electron chi connectivity index (χ3n) is 7.86. The maximum atomic E-state index is 13.7. The van der Waals surface area contributed by atoms with E-state index in [0.717, 1.165) is 29.1 Å². The maximum Gasteiger partial charge on any atom is 0.284 e. The summed E-state index contributed by atoms with van der Waals surface area (Å²) in [4.78, 5) is 35.3. The summed E-state index contributed by atoms with van der Waals surface area (Å²) in [5, 5.41) is 3.27. The number of nitrogens with zero attached hydrogens (tertiary/aromatic N) is 3. The van der Waals surface area contributed by atoms with Gasteiger partial charge < -0.3 is 24.4 Å². The molecule has 43 heavy (non-hydrogen) atoms. The third-order valence-corrected chi connectivity index (χ3v) is 8.90. The number of rotatable bonds is 6. The van der Waals surface area contributed by atoms with Crippen LogP contribution in [0.4, 0.5) is 5.69 Å². The summed E-state index contributed by atoms with van der Waals surface area (Å²) in [5.74, 6) is 0.894. The molecule has 9 nitrogen and oxygen atoms in total. The molecule has 5 rings (SSSR count). The summed E-state index contributed by atoms with van der Waals surface area (Å²) in [5.41, 5.74) is 2.81. The van der Waals surface area contributed by atoms with Crippen molar-refractivity contribution in [1.29, 1.82) is 0 Å². The third kappa shape index (κ3) is 7.15. The quantitative estimate of drug-likeness (QED) is 0.309. The zero-order chi connectivity index (χ0) is 30.5. The van der Waals surface area contributed by atoms with Gasteiger partial charge in [0.1, 0.15) is 18.1 Å². The van der Waals surface area contributed by atoms with E-state index in [4.69, 9.17) is 14.2 Å². The van der Waals surface area contributed by atoms with Gasteiger partial charge in [0.2, 0.25) is 0 Å². The fourth-order valence-corrected chi connectivity index (χ4v) is 6.13. The summed E-state index contributed by atoms with van der Waals surface area (Å²) in [6.45, 7) is 6.56. The van der Waals surface area contributed by atoms with Crippen molar-refractivity contribution in [3.63, 3.8) is 0 Å². The molecular weight excluding hydrogens is 564 g/mol. The van der Waals surface area contributed by atoms with Crippen LogP contribution in [-0.4, -0.2) is 79.7 Å². The van der Waals surface area contributed by atoms with E-state index < -0.39 is 0 Å². The molecule has 2 heterocycles. The molecule has 1 aliphatic rings. The van der Waals surface area contributed by atoms with Crippen molar-refractivity contribution in [2.75, 3.05) is 46.3 Å². The predicted molar refractivity (Wildman–Crippen MR) is 169 cm³/mol. The number of aromatic nitrogens is 1. The first-order chi connectivity index (χ1) is 20.7. The van der Waals surface area contributed by atoms with E-state index >= 15 is 0 Å². The molecule has 4 aromatic rings. The Bertz CT molecular complexity index is 1540. The minimum Gasteiger partial charge on any atom is -0.497 e. The smallest absolute Gasteiger partial charge is 0.284 e. The fraction of sp³-hybridized carbons (Fsp3) is 0.364. The van der Waals surface area contributed by atoms with Gasteiger partial charge in [0.25, 0.3) is 11.8 Å². The number of ether oxygens (including phenoxy) is 3. The summed E-state index contributed by atoms with van der Waals surface area (Å²) in [7, 11) is 5.12. The van der Waals surface area contributed by atoms with Gasteiger partial charge in [-0.25, -0.2) is 4.98 Å². The SMILES string of the molecule is COc1ccc(CN2C[C@H](C)[C@H](OC)CN(C)C(=O)c3cc(NC(=O)c4nc5ccccc5s4)ccc3OC[C@@H]2C)cc1. The van der Waals surface area contributed by atoms with Gasteiger partial charge in [0.15, 0.2) is 5.01 Å². The van der Waals surface area contributed by atoms with Gasteiger partial charge in [0.05, 0.1) is 29.0 Å². The number of fused-ring (bicyclic) bond motifs is 2. The Hall–Kier alpha value is -3.99. The summed E-state index contributed by atoms with van der Waals surface area (Å²) in [6.07, 6.45) is -0.176. The molecule has 1 aliphatic heterocycles. The van der Waals surface area contributed by atoms with Crippen LogP contribution < -0.4 is 14.8 Å². The molecular formula is C33H38N4O5S. The Morgan fingerprint density at radius 3 is 2.56 bits per heavy atom. The second-order valence-electron chi connectivity index (χ2n) is 11.0. The minimum atomic E-state index is -0.327. The molecule has 3 aromatic carbocycles. The van der Waals surface area contributed by atoms with Crippen molar-refractivity contribution in [1.82, 2.24) is 14.8 Å². The van der Waals surface area contributed by atoms with Crippen LogP contribution in [0.25, 0.3) is 10.2 Å². The van der Waals surface area contributed by atoms with Gasteiger partial charge in [0, 0.05) is 45.5 Å². The first kappa shape index (κ1) is 30.5. The van der Waals surface area contributed by atoms with Crippen molar-refractivity contribution < 1.29 is 23.8 Å². The van der Waals surface area contributed by atoms with E-state index in [1.807, 2.05) is 36.4 Å². The molecule has 1 N–H and O–H groups in total. The van der Waals surface area contributed by atoms with Crippen LogP contribution in [0.3, 0.4) is 0 Å². The van der Waals surface area contributed by atoms with Gasteiger partial charge in [-0.3, -0.25) is 14.5 Å². The first-order valence-corrected chi connectivity index (χ1v) is 15.2. The van der Waals surface area contributed by atoms with E-state index in [1.165, 1.54) is 16.9 Å². The summed E-state index contributed by atoms with van der Waals surface area (Å²) >= 11 is 1.33. The highest BCUT2D eigenvalue weighted by Crippen LogP contribution is 2.28. The van der Waals surface area contributed by atoms with Crippen LogP contribution >= 0.6 is 11.3 Å². The normalized spacial score (nSPS) is 20.1. The largest absolute Gasteiger partial charge is 0.497 e. The van der Waals surface area contributed by atoms with Crippen LogP contribution in [0.5, 0.6) is 11.5 Å². The number of nitrogens with one attached hydrogen (secondary N) is 1. The summed E-state index contributed by atoms with van der Waals surface area (Å²) in [6, 6.07) is 20.9. The van der Waals surface area contributed by atoms with E-state index in [9.17, 15) is 9.59 Å². The van der Waals surface area contributed by atoms with Gasteiger partial charge in [-0.1, -0.05) is 31.2 Å². The van der Waals surface area contributed by atoms with Gasteiger partial charge >= 0.3 is 0 Å². The Labute approximate surface area is 256 Å². The number of amides is 2. The molecule has 10 heteroatoms. The van der Waals surface area contributed by atoms with Crippen LogP contribution in [-0.2, 0) is 11.3 Å². The lowest BCUT2D eigenvalue weighted by atomic mass is 10.0. The van der Waals surface area contributed by atoms with Crippen molar-refractivity contribution >= 4 is 39.1 Å². The van der Waals surface area contributed by atoms with E-state index in [0.29, 0.717) is 35.2 Å². The zero-order valence-corrected chi connectivity index (χ0v) is 26.0. The fourth-order valence-electron chi connectivity index (χ4n) is 5.27. The highest BCUT2D eigenvalue weighted by Gasteiger charge is 2.29. The number of thiazole rings is 1. The lowest BCUT2D eigenvalue weighted by Crippen LogP contribution is -2.46. The molecule has 2 amide bonds. The Morgan fingerprint density at radius 1 is 1.07 bits per heavy atom. The van der Waals surface area contributed by atoms with Crippen LogP contribution in [0.1, 0.15) is 39.6 Å². The molecule has 0 saturated heterocycles. The lowest BCUT2D eigenvalue weighted by Gasteiger charge is -2.36. The number of carbonyl (C=O) groups excluding carboxylic acids is 2. The molecule has 0 spiro atoms. The molecule has 0 fully saturated rings. The Morgan fingerprint density at radius 2 is 1.84 bits per heavy atom. The Balaban J connectivity index is 1.40. The lowest BCUT2D eigenvalue weighted by molar-refractivity contribution is 0.00921. The van der Waals surface area contributed by atoms with Gasteiger partial charge in [-0.15, -0.1) is 11.3 Å². The maximum absolute atomic E-state index is 13.7.